The van der Waals surface area contributed by atoms with E-state index in [1.165, 1.54) is 57.8 Å². The van der Waals surface area contributed by atoms with Gasteiger partial charge in [-0.3, -0.25) is 0 Å². The van der Waals surface area contributed by atoms with Crippen LogP contribution in [0.15, 0.2) is 24.3 Å². The van der Waals surface area contributed by atoms with E-state index in [0.29, 0.717) is 5.41 Å². The molecule has 1 atom stereocenters. The number of halogens is 1. The second-order valence-electron chi connectivity index (χ2n) is 6.49. The standard InChI is InChI=1S/C18H25Br/c19-14-18(16-10-3-1-2-4-11-16)13-7-9-15-8-5-6-12-17(15)18/h5-6,8,12,16H,1-4,7,9-11,13-14H2. The predicted molar refractivity (Wildman–Crippen MR) is 86.0 cm³/mol. The molecule has 19 heavy (non-hydrogen) atoms. The molecule has 0 radical (unpaired) electrons. The third-order valence-corrected chi connectivity index (χ3v) is 6.50. The molecule has 0 N–H and O–H groups in total. The molecule has 1 aromatic rings. The molecule has 0 saturated heterocycles. The predicted octanol–water partition coefficient (Wildman–Crippen LogP) is 5.63. The summed E-state index contributed by atoms with van der Waals surface area (Å²) in [5, 5.41) is 1.15. The molecule has 2 aliphatic carbocycles. The zero-order valence-corrected chi connectivity index (χ0v) is 13.4. The Balaban J connectivity index is 1.98. The highest BCUT2D eigenvalue weighted by Gasteiger charge is 2.41. The van der Waals surface area contributed by atoms with Gasteiger partial charge < -0.3 is 0 Å². The van der Waals surface area contributed by atoms with Crippen LogP contribution in [0.4, 0.5) is 0 Å². The highest BCUT2D eigenvalue weighted by Crippen LogP contribution is 2.48. The number of rotatable bonds is 2. The van der Waals surface area contributed by atoms with Gasteiger partial charge in [-0.1, -0.05) is 65.9 Å². The average molecular weight is 321 g/mol. The van der Waals surface area contributed by atoms with Crippen LogP contribution in [0, 0.1) is 5.92 Å². The Morgan fingerprint density at radius 3 is 2.47 bits per heavy atom. The van der Waals surface area contributed by atoms with Crippen LogP contribution < -0.4 is 0 Å². The van der Waals surface area contributed by atoms with Gasteiger partial charge in [0, 0.05) is 10.7 Å². The number of aryl methyl sites for hydroxylation is 1. The fourth-order valence-electron chi connectivity index (χ4n) is 4.46. The molecular formula is C18H25Br. The number of benzene rings is 1. The second kappa shape index (κ2) is 5.99. The number of hydrogen-bond donors (Lipinski definition) is 0. The highest BCUT2D eigenvalue weighted by molar-refractivity contribution is 9.09. The van der Waals surface area contributed by atoms with E-state index < -0.39 is 0 Å². The molecule has 0 nitrogen and oxygen atoms in total. The lowest BCUT2D eigenvalue weighted by Crippen LogP contribution is -2.40. The van der Waals surface area contributed by atoms with Crippen LogP contribution in [0.5, 0.6) is 0 Å². The molecule has 0 aliphatic heterocycles. The lowest BCUT2D eigenvalue weighted by Gasteiger charge is -2.44. The fraction of sp³-hybridized carbons (Fsp3) is 0.667. The number of alkyl halides is 1. The Morgan fingerprint density at radius 2 is 1.74 bits per heavy atom. The first-order chi connectivity index (χ1) is 9.37. The van der Waals surface area contributed by atoms with Gasteiger partial charge in [0.15, 0.2) is 0 Å². The van der Waals surface area contributed by atoms with Crippen molar-refractivity contribution < 1.29 is 0 Å². The molecule has 1 saturated carbocycles. The minimum Gasteiger partial charge on any atom is -0.0918 e. The van der Waals surface area contributed by atoms with E-state index in [1.807, 2.05) is 0 Å². The van der Waals surface area contributed by atoms with Gasteiger partial charge >= 0.3 is 0 Å². The Bertz CT molecular complexity index is 417. The van der Waals surface area contributed by atoms with Crippen molar-refractivity contribution in [1.82, 2.24) is 0 Å². The maximum absolute atomic E-state index is 3.90. The third kappa shape index (κ3) is 2.51. The minimum absolute atomic E-state index is 0.430. The largest absolute Gasteiger partial charge is 0.0918 e. The highest BCUT2D eigenvalue weighted by atomic mass is 79.9. The second-order valence-corrected chi connectivity index (χ2v) is 7.05. The van der Waals surface area contributed by atoms with Crippen molar-refractivity contribution in [2.75, 3.05) is 5.33 Å². The van der Waals surface area contributed by atoms with E-state index in [2.05, 4.69) is 40.2 Å². The molecule has 3 rings (SSSR count). The first-order valence-electron chi connectivity index (χ1n) is 8.01. The maximum atomic E-state index is 3.90. The molecule has 0 heterocycles. The van der Waals surface area contributed by atoms with Gasteiger partial charge in [-0.15, -0.1) is 0 Å². The summed E-state index contributed by atoms with van der Waals surface area (Å²) < 4.78 is 0. The van der Waals surface area contributed by atoms with Crippen molar-refractivity contribution >= 4 is 15.9 Å². The Morgan fingerprint density at radius 1 is 1.00 bits per heavy atom. The van der Waals surface area contributed by atoms with Gasteiger partial charge in [0.05, 0.1) is 0 Å². The third-order valence-electron chi connectivity index (χ3n) is 5.50. The molecule has 1 heteroatoms. The van der Waals surface area contributed by atoms with Crippen LogP contribution >= 0.6 is 15.9 Å². The zero-order valence-electron chi connectivity index (χ0n) is 11.8. The van der Waals surface area contributed by atoms with E-state index >= 15 is 0 Å². The number of fused-ring (bicyclic) bond motifs is 1. The van der Waals surface area contributed by atoms with Crippen molar-refractivity contribution in [2.45, 2.75) is 63.2 Å². The molecule has 0 spiro atoms. The minimum atomic E-state index is 0.430. The molecule has 104 valence electrons. The lowest BCUT2D eigenvalue weighted by atomic mass is 9.62. The van der Waals surface area contributed by atoms with Crippen LogP contribution in [-0.2, 0) is 11.8 Å². The summed E-state index contributed by atoms with van der Waals surface area (Å²) in [5.74, 6) is 0.899. The smallest absolute Gasteiger partial charge is 0.0131 e. The summed E-state index contributed by atoms with van der Waals surface area (Å²) in [7, 11) is 0. The average Bonchev–Trinajstić information content (AvgIpc) is 2.76. The SMILES string of the molecule is BrCC1(C2CCCCCC2)CCCc2ccccc21. The topological polar surface area (TPSA) is 0 Å². The molecule has 1 fully saturated rings. The molecule has 0 bridgehead atoms. The molecule has 1 aromatic carbocycles. The van der Waals surface area contributed by atoms with Gasteiger partial charge in [-0.05, 0) is 49.1 Å². The van der Waals surface area contributed by atoms with Crippen LogP contribution in [0.3, 0.4) is 0 Å². The van der Waals surface area contributed by atoms with E-state index in [0.717, 1.165) is 11.2 Å². The summed E-state index contributed by atoms with van der Waals surface area (Å²) in [6.07, 6.45) is 12.7. The van der Waals surface area contributed by atoms with Crippen LogP contribution in [0.25, 0.3) is 0 Å². The first kappa shape index (κ1) is 13.7. The van der Waals surface area contributed by atoms with Gasteiger partial charge in [0.2, 0.25) is 0 Å². The maximum Gasteiger partial charge on any atom is 0.0131 e. The first-order valence-corrected chi connectivity index (χ1v) is 9.13. The fourth-order valence-corrected chi connectivity index (χ4v) is 5.50. The monoisotopic (exact) mass is 320 g/mol. The Hall–Kier alpha value is -0.300. The van der Waals surface area contributed by atoms with E-state index in [4.69, 9.17) is 0 Å². The normalized spacial score (nSPS) is 28.7. The Kier molecular flexibility index (Phi) is 4.31. The molecule has 0 amide bonds. The van der Waals surface area contributed by atoms with Crippen molar-refractivity contribution in [1.29, 1.82) is 0 Å². The van der Waals surface area contributed by atoms with Gasteiger partial charge in [-0.2, -0.15) is 0 Å². The van der Waals surface area contributed by atoms with Crippen molar-refractivity contribution in [3.8, 4) is 0 Å². The summed E-state index contributed by atoms with van der Waals surface area (Å²) in [5.41, 5.74) is 3.72. The lowest BCUT2D eigenvalue weighted by molar-refractivity contribution is 0.235. The molecule has 0 aromatic heterocycles. The van der Waals surface area contributed by atoms with Crippen LogP contribution in [0.2, 0.25) is 0 Å². The molecule has 1 unspecified atom stereocenters. The summed E-state index contributed by atoms with van der Waals surface area (Å²) in [6, 6.07) is 9.25. The van der Waals surface area contributed by atoms with E-state index in [9.17, 15) is 0 Å². The van der Waals surface area contributed by atoms with E-state index in [-0.39, 0.29) is 0 Å². The summed E-state index contributed by atoms with van der Waals surface area (Å²) >= 11 is 3.90. The zero-order chi connectivity index (χ0) is 13.1. The van der Waals surface area contributed by atoms with Crippen molar-refractivity contribution in [3.63, 3.8) is 0 Å². The summed E-state index contributed by atoms with van der Waals surface area (Å²) in [4.78, 5) is 0. The van der Waals surface area contributed by atoms with E-state index in [1.54, 1.807) is 11.1 Å². The van der Waals surface area contributed by atoms with Crippen LogP contribution in [0.1, 0.15) is 62.5 Å². The van der Waals surface area contributed by atoms with Gasteiger partial charge in [0.1, 0.15) is 0 Å². The summed E-state index contributed by atoms with van der Waals surface area (Å²) in [6.45, 7) is 0. The van der Waals surface area contributed by atoms with Gasteiger partial charge in [0.25, 0.3) is 0 Å². The van der Waals surface area contributed by atoms with Gasteiger partial charge in [-0.25, -0.2) is 0 Å². The van der Waals surface area contributed by atoms with Crippen molar-refractivity contribution in [3.05, 3.63) is 35.4 Å². The van der Waals surface area contributed by atoms with Crippen molar-refractivity contribution in [2.24, 2.45) is 5.92 Å². The Labute approximate surface area is 126 Å². The molecular weight excluding hydrogens is 296 g/mol. The van der Waals surface area contributed by atoms with Crippen LogP contribution in [-0.4, -0.2) is 5.33 Å². The molecule has 2 aliphatic rings. The number of hydrogen-bond acceptors (Lipinski definition) is 0. The quantitative estimate of drug-likeness (QED) is 0.489.